The lowest BCUT2D eigenvalue weighted by atomic mass is 10.1. The zero-order valence-corrected chi connectivity index (χ0v) is 15.8. The van der Waals surface area contributed by atoms with E-state index in [1.807, 2.05) is 24.3 Å². The normalized spacial score (nSPS) is 10.5. The molecule has 0 radical (unpaired) electrons. The maximum absolute atomic E-state index is 12.2. The molecule has 2 N–H and O–H groups in total. The number of methoxy groups -OCH3 is 2. The maximum Gasteiger partial charge on any atom is 0.252 e. The first kappa shape index (κ1) is 19.6. The Labute approximate surface area is 154 Å². The number of ether oxygens (including phenoxy) is 2. The van der Waals surface area contributed by atoms with Gasteiger partial charge in [0.25, 0.3) is 5.91 Å². The summed E-state index contributed by atoms with van der Waals surface area (Å²) >= 11 is 0. The predicted molar refractivity (Wildman–Crippen MR) is 103 cm³/mol. The maximum atomic E-state index is 12.2. The third kappa shape index (κ3) is 5.65. The number of carbonyl (C=O) groups is 1. The van der Waals surface area contributed by atoms with Crippen LogP contribution in [0.25, 0.3) is 0 Å². The van der Waals surface area contributed by atoms with E-state index in [-0.39, 0.29) is 5.91 Å². The highest BCUT2D eigenvalue weighted by molar-refractivity contribution is 5.94. The molecule has 0 saturated heterocycles. The molecule has 0 atom stereocenters. The van der Waals surface area contributed by atoms with Crippen molar-refractivity contribution < 1.29 is 14.3 Å². The molecule has 1 aromatic heterocycles. The van der Waals surface area contributed by atoms with Crippen LogP contribution in [-0.4, -0.2) is 38.2 Å². The number of nitrogens with zero attached hydrogens (tertiary/aromatic N) is 1. The number of aromatic nitrogens is 1. The van der Waals surface area contributed by atoms with E-state index in [0.29, 0.717) is 35.9 Å². The van der Waals surface area contributed by atoms with Gasteiger partial charge in [0.15, 0.2) is 11.5 Å². The van der Waals surface area contributed by atoms with E-state index < -0.39 is 0 Å². The Morgan fingerprint density at radius 1 is 1.12 bits per heavy atom. The number of hydrogen-bond donors (Lipinski definition) is 2. The fourth-order valence-electron chi connectivity index (χ4n) is 2.40. The molecule has 0 spiro atoms. The van der Waals surface area contributed by atoms with E-state index in [4.69, 9.17) is 9.47 Å². The molecule has 2 rings (SSSR count). The number of amides is 1. The fraction of sp³-hybridized carbons (Fsp3) is 0.400. The van der Waals surface area contributed by atoms with Crippen molar-refractivity contribution >= 4 is 11.7 Å². The van der Waals surface area contributed by atoms with Crippen LogP contribution < -0.4 is 20.1 Å². The van der Waals surface area contributed by atoms with Gasteiger partial charge in [-0.1, -0.05) is 19.9 Å². The van der Waals surface area contributed by atoms with Crippen LogP contribution in [0.15, 0.2) is 36.5 Å². The van der Waals surface area contributed by atoms with Gasteiger partial charge in [0.2, 0.25) is 0 Å². The van der Waals surface area contributed by atoms with Crippen molar-refractivity contribution in [3.63, 3.8) is 0 Å². The van der Waals surface area contributed by atoms with Gasteiger partial charge in [0.1, 0.15) is 5.82 Å². The third-order valence-electron chi connectivity index (χ3n) is 3.86. The molecule has 0 fully saturated rings. The van der Waals surface area contributed by atoms with Crippen molar-refractivity contribution in [1.29, 1.82) is 0 Å². The largest absolute Gasteiger partial charge is 0.493 e. The van der Waals surface area contributed by atoms with Gasteiger partial charge in [-0.25, -0.2) is 4.98 Å². The molecule has 1 aromatic carbocycles. The SMILES string of the molecule is COc1ccc(CCNC(=O)c2ccc(NCC(C)C)nc2)cc1OC. The van der Waals surface area contributed by atoms with Crippen LogP contribution in [0, 0.1) is 5.92 Å². The molecule has 1 amide bonds. The predicted octanol–water partition coefficient (Wildman–Crippen LogP) is 3.14. The average molecular weight is 357 g/mol. The first-order valence-electron chi connectivity index (χ1n) is 8.72. The van der Waals surface area contributed by atoms with Gasteiger partial charge in [-0.2, -0.15) is 0 Å². The van der Waals surface area contributed by atoms with Crippen molar-refractivity contribution in [1.82, 2.24) is 10.3 Å². The smallest absolute Gasteiger partial charge is 0.252 e. The summed E-state index contributed by atoms with van der Waals surface area (Å²) in [6, 6.07) is 9.35. The lowest BCUT2D eigenvalue weighted by Crippen LogP contribution is -2.25. The summed E-state index contributed by atoms with van der Waals surface area (Å²) in [6.07, 6.45) is 2.29. The van der Waals surface area contributed by atoms with Crippen LogP contribution in [0.4, 0.5) is 5.82 Å². The Balaban J connectivity index is 1.85. The minimum Gasteiger partial charge on any atom is -0.493 e. The van der Waals surface area contributed by atoms with E-state index in [9.17, 15) is 4.79 Å². The summed E-state index contributed by atoms with van der Waals surface area (Å²) in [6.45, 7) is 5.64. The van der Waals surface area contributed by atoms with Gasteiger partial charge < -0.3 is 20.1 Å². The Bertz CT molecular complexity index is 715. The molecular weight excluding hydrogens is 330 g/mol. The number of anilines is 1. The molecule has 140 valence electrons. The molecule has 0 aliphatic carbocycles. The first-order chi connectivity index (χ1) is 12.5. The number of benzene rings is 1. The lowest BCUT2D eigenvalue weighted by Gasteiger charge is -2.10. The Hall–Kier alpha value is -2.76. The van der Waals surface area contributed by atoms with Gasteiger partial charge >= 0.3 is 0 Å². The molecule has 0 aliphatic heterocycles. The molecule has 6 heteroatoms. The van der Waals surface area contributed by atoms with Crippen LogP contribution in [0.1, 0.15) is 29.8 Å². The summed E-state index contributed by atoms with van der Waals surface area (Å²) in [5.41, 5.74) is 1.61. The van der Waals surface area contributed by atoms with Crippen molar-refractivity contribution in [2.75, 3.05) is 32.6 Å². The standard InChI is InChI=1S/C20H27N3O3/c1-14(2)12-22-19-8-6-16(13-23-19)20(24)21-10-9-15-5-7-17(25-3)18(11-15)26-4/h5-8,11,13-14H,9-10,12H2,1-4H3,(H,21,24)(H,22,23). The molecule has 6 nitrogen and oxygen atoms in total. The zero-order valence-electron chi connectivity index (χ0n) is 15.8. The Kier molecular flexibility index (Phi) is 7.26. The van der Waals surface area contributed by atoms with Crippen LogP contribution in [0.3, 0.4) is 0 Å². The monoisotopic (exact) mass is 357 g/mol. The van der Waals surface area contributed by atoms with E-state index in [1.165, 1.54) is 0 Å². The zero-order chi connectivity index (χ0) is 18.9. The third-order valence-corrected chi connectivity index (χ3v) is 3.86. The Morgan fingerprint density at radius 3 is 2.50 bits per heavy atom. The van der Waals surface area contributed by atoms with Crippen LogP contribution >= 0.6 is 0 Å². The highest BCUT2D eigenvalue weighted by Crippen LogP contribution is 2.27. The quantitative estimate of drug-likeness (QED) is 0.721. The molecule has 0 aliphatic rings. The second-order valence-corrected chi connectivity index (χ2v) is 6.40. The molecule has 2 aromatic rings. The van der Waals surface area contributed by atoms with E-state index in [0.717, 1.165) is 17.9 Å². The second-order valence-electron chi connectivity index (χ2n) is 6.40. The molecule has 26 heavy (non-hydrogen) atoms. The molecule has 0 saturated carbocycles. The van der Waals surface area contributed by atoms with Crippen molar-refractivity contribution in [3.8, 4) is 11.5 Å². The van der Waals surface area contributed by atoms with Gasteiger partial charge in [-0.15, -0.1) is 0 Å². The van der Waals surface area contributed by atoms with Crippen molar-refractivity contribution in [2.24, 2.45) is 5.92 Å². The van der Waals surface area contributed by atoms with Gasteiger partial charge in [0, 0.05) is 19.3 Å². The van der Waals surface area contributed by atoms with E-state index >= 15 is 0 Å². The van der Waals surface area contributed by atoms with Crippen molar-refractivity contribution in [3.05, 3.63) is 47.7 Å². The summed E-state index contributed by atoms with van der Waals surface area (Å²) in [7, 11) is 3.21. The average Bonchev–Trinajstić information content (AvgIpc) is 2.66. The van der Waals surface area contributed by atoms with Crippen molar-refractivity contribution in [2.45, 2.75) is 20.3 Å². The Morgan fingerprint density at radius 2 is 1.88 bits per heavy atom. The van der Waals surface area contributed by atoms with Gasteiger partial charge in [0.05, 0.1) is 19.8 Å². The molecule has 0 bridgehead atoms. The van der Waals surface area contributed by atoms with Crippen LogP contribution in [-0.2, 0) is 6.42 Å². The second kappa shape index (κ2) is 9.65. The topological polar surface area (TPSA) is 72.5 Å². The van der Waals surface area contributed by atoms with Gasteiger partial charge in [-0.3, -0.25) is 4.79 Å². The minimum atomic E-state index is -0.131. The van der Waals surface area contributed by atoms with Crippen LogP contribution in [0.5, 0.6) is 11.5 Å². The molecule has 0 unspecified atom stereocenters. The minimum absolute atomic E-state index is 0.131. The summed E-state index contributed by atoms with van der Waals surface area (Å²) in [4.78, 5) is 16.5. The summed E-state index contributed by atoms with van der Waals surface area (Å²) in [5, 5.41) is 6.14. The number of rotatable bonds is 9. The number of nitrogens with one attached hydrogen (secondary N) is 2. The highest BCUT2D eigenvalue weighted by Gasteiger charge is 2.08. The first-order valence-corrected chi connectivity index (χ1v) is 8.72. The number of pyridine rings is 1. The van der Waals surface area contributed by atoms with Gasteiger partial charge in [-0.05, 0) is 42.2 Å². The van der Waals surface area contributed by atoms with E-state index in [2.05, 4.69) is 29.5 Å². The van der Waals surface area contributed by atoms with E-state index in [1.54, 1.807) is 26.5 Å². The summed E-state index contributed by atoms with van der Waals surface area (Å²) < 4.78 is 10.5. The van der Waals surface area contributed by atoms with Crippen LogP contribution in [0.2, 0.25) is 0 Å². The molecular formula is C20H27N3O3. The highest BCUT2D eigenvalue weighted by atomic mass is 16.5. The number of carbonyl (C=O) groups excluding carboxylic acids is 1. The summed E-state index contributed by atoms with van der Waals surface area (Å²) in [5.74, 6) is 2.56. The fourth-order valence-corrected chi connectivity index (χ4v) is 2.40. The number of hydrogen-bond acceptors (Lipinski definition) is 5. The molecule has 1 heterocycles. The lowest BCUT2D eigenvalue weighted by molar-refractivity contribution is 0.0954.